The van der Waals surface area contributed by atoms with Crippen LogP contribution < -0.4 is 0 Å². The van der Waals surface area contributed by atoms with Gasteiger partial charge in [-0.25, -0.2) is 8.78 Å². The first-order valence-electron chi connectivity index (χ1n) is 9.77. The number of carbonyl (C=O) groups excluding carboxylic acids is 1. The number of aryl methyl sites for hydroxylation is 1. The van der Waals surface area contributed by atoms with Gasteiger partial charge in [-0.2, -0.15) is 0 Å². The maximum atomic E-state index is 13.5. The number of benzene rings is 2. The Morgan fingerprint density at radius 2 is 1.79 bits per heavy atom. The molecule has 0 aliphatic carbocycles. The molecule has 5 heteroatoms. The fourth-order valence-electron chi connectivity index (χ4n) is 3.46. The highest BCUT2D eigenvalue weighted by Gasteiger charge is 2.26. The van der Waals surface area contributed by atoms with Crippen LogP contribution in [0.1, 0.15) is 42.5 Å². The molecular formula is C24H24F2N2O. The van der Waals surface area contributed by atoms with Crippen molar-refractivity contribution >= 4 is 5.91 Å². The molecule has 3 rings (SSSR count). The predicted octanol–water partition coefficient (Wildman–Crippen LogP) is 5.32. The Labute approximate surface area is 170 Å². The van der Waals surface area contributed by atoms with Gasteiger partial charge in [-0.3, -0.25) is 9.78 Å². The first kappa shape index (κ1) is 20.6. The smallest absolute Gasteiger partial charge is 0.223 e. The molecule has 0 aliphatic rings. The predicted molar refractivity (Wildman–Crippen MR) is 109 cm³/mol. The molecule has 2 aromatic carbocycles. The lowest BCUT2D eigenvalue weighted by Crippen LogP contribution is -2.36. The zero-order valence-corrected chi connectivity index (χ0v) is 16.4. The van der Waals surface area contributed by atoms with Crippen LogP contribution in [0.3, 0.4) is 0 Å². The van der Waals surface area contributed by atoms with Gasteiger partial charge in [0, 0.05) is 25.4 Å². The van der Waals surface area contributed by atoms with Gasteiger partial charge < -0.3 is 4.90 Å². The fourth-order valence-corrected chi connectivity index (χ4v) is 3.46. The number of pyridine rings is 1. The summed E-state index contributed by atoms with van der Waals surface area (Å²) in [6, 6.07) is 15.9. The maximum Gasteiger partial charge on any atom is 0.223 e. The number of halogens is 2. The molecule has 1 heterocycles. The Balaban J connectivity index is 1.88. The lowest BCUT2D eigenvalue weighted by atomic mass is 9.97. The second kappa shape index (κ2) is 9.92. The van der Waals surface area contributed by atoms with E-state index in [4.69, 9.17) is 0 Å². The van der Waals surface area contributed by atoms with Gasteiger partial charge in [0.05, 0.1) is 6.04 Å². The van der Waals surface area contributed by atoms with E-state index in [2.05, 4.69) is 4.98 Å². The minimum atomic E-state index is -0.357. The summed E-state index contributed by atoms with van der Waals surface area (Å²) in [5.74, 6) is -0.660. The molecular weight excluding hydrogens is 370 g/mol. The molecule has 29 heavy (non-hydrogen) atoms. The van der Waals surface area contributed by atoms with Gasteiger partial charge in [0.15, 0.2) is 0 Å². The van der Waals surface area contributed by atoms with Crippen molar-refractivity contribution in [3.8, 4) is 0 Å². The molecule has 0 bridgehead atoms. The Morgan fingerprint density at radius 3 is 2.45 bits per heavy atom. The van der Waals surface area contributed by atoms with Crippen molar-refractivity contribution in [1.29, 1.82) is 0 Å². The van der Waals surface area contributed by atoms with Crippen molar-refractivity contribution in [3.63, 3.8) is 0 Å². The van der Waals surface area contributed by atoms with Crippen LogP contribution in [0, 0.1) is 11.6 Å². The largest absolute Gasteiger partial charge is 0.331 e. The SMILES string of the molecule is CCCN(C(=O)CCc1cccc(F)c1)C(c1ccc(F)cc1)c1cccnc1. The molecule has 0 N–H and O–H groups in total. The lowest BCUT2D eigenvalue weighted by Gasteiger charge is -2.32. The molecule has 1 atom stereocenters. The lowest BCUT2D eigenvalue weighted by molar-refractivity contribution is -0.133. The first-order valence-corrected chi connectivity index (χ1v) is 9.77. The van der Waals surface area contributed by atoms with Crippen LogP contribution in [-0.2, 0) is 11.2 Å². The van der Waals surface area contributed by atoms with Crippen molar-refractivity contribution < 1.29 is 13.6 Å². The zero-order chi connectivity index (χ0) is 20.6. The number of hydrogen-bond acceptors (Lipinski definition) is 2. The third-order valence-electron chi connectivity index (χ3n) is 4.80. The van der Waals surface area contributed by atoms with E-state index >= 15 is 0 Å². The summed E-state index contributed by atoms with van der Waals surface area (Å²) in [6.07, 6.45) is 4.92. The summed E-state index contributed by atoms with van der Waals surface area (Å²) in [5.41, 5.74) is 2.48. The van der Waals surface area contributed by atoms with Crippen LogP contribution in [0.15, 0.2) is 73.1 Å². The Hall–Kier alpha value is -3.08. The van der Waals surface area contributed by atoms with Crippen LogP contribution in [0.2, 0.25) is 0 Å². The molecule has 0 saturated heterocycles. The summed E-state index contributed by atoms with van der Waals surface area (Å²) in [4.78, 5) is 19.2. The molecule has 0 saturated carbocycles. The van der Waals surface area contributed by atoms with Crippen molar-refractivity contribution in [2.75, 3.05) is 6.54 Å². The molecule has 150 valence electrons. The van der Waals surface area contributed by atoms with E-state index < -0.39 is 0 Å². The highest BCUT2D eigenvalue weighted by atomic mass is 19.1. The molecule has 3 nitrogen and oxygen atoms in total. The Morgan fingerprint density at radius 1 is 1.00 bits per heavy atom. The van der Waals surface area contributed by atoms with Crippen LogP contribution in [-0.4, -0.2) is 22.3 Å². The van der Waals surface area contributed by atoms with Gasteiger partial charge in [-0.15, -0.1) is 0 Å². The van der Waals surface area contributed by atoms with Crippen LogP contribution in [0.25, 0.3) is 0 Å². The van der Waals surface area contributed by atoms with E-state index in [1.807, 2.05) is 30.0 Å². The van der Waals surface area contributed by atoms with E-state index in [0.29, 0.717) is 13.0 Å². The average molecular weight is 394 g/mol. The highest BCUT2D eigenvalue weighted by molar-refractivity contribution is 5.77. The second-order valence-electron chi connectivity index (χ2n) is 6.96. The number of aromatic nitrogens is 1. The molecule has 0 aliphatic heterocycles. The molecule has 0 spiro atoms. The number of hydrogen-bond donors (Lipinski definition) is 0. The van der Waals surface area contributed by atoms with E-state index in [1.165, 1.54) is 24.3 Å². The van der Waals surface area contributed by atoms with Gasteiger partial charge in [0.2, 0.25) is 5.91 Å². The fraction of sp³-hybridized carbons (Fsp3) is 0.250. The van der Waals surface area contributed by atoms with Crippen molar-refractivity contribution in [1.82, 2.24) is 9.88 Å². The topological polar surface area (TPSA) is 33.2 Å². The summed E-state index contributed by atoms with van der Waals surface area (Å²) in [7, 11) is 0. The number of carbonyl (C=O) groups is 1. The highest BCUT2D eigenvalue weighted by Crippen LogP contribution is 2.29. The number of nitrogens with zero attached hydrogens (tertiary/aromatic N) is 2. The molecule has 1 unspecified atom stereocenters. The standard InChI is InChI=1S/C24H24F2N2O/c1-2-15-28(23(29)13-8-18-5-3-7-22(26)16-18)24(20-6-4-14-27-17-20)19-9-11-21(25)12-10-19/h3-7,9-12,14,16-17,24H,2,8,13,15H2,1H3. The van der Waals surface area contributed by atoms with Gasteiger partial charge in [-0.1, -0.05) is 37.3 Å². The summed E-state index contributed by atoms with van der Waals surface area (Å²) >= 11 is 0. The molecule has 0 fully saturated rings. The van der Waals surface area contributed by atoms with Crippen molar-refractivity contribution in [2.24, 2.45) is 0 Å². The van der Waals surface area contributed by atoms with Crippen LogP contribution in [0.5, 0.6) is 0 Å². The van der Waals surface area contributed by atoms with Crippen LogP contribution >= 0.6 is 0 Å². The van der Waals surface area contributed by atoms with Crippen molar-refractivity contribution in [2.45, 2.75) is 32.2 Å². The molecule has 1 amide bonds. The van der Waals surface area contributed by atoms with Crippen LogP contribution in [0.4, 0.5) is 8.78 Å². The van der Waals surface area contributed by atoms with Crippen molar-refractivity contribution in [3.05, 3.63) is 101 Å². The minimum Gasteiger partial charge on any atom is -0.331 e. The number of rotatable bonds is 8. The van der Waals surface area contributed by atoms with Gasteiger partial charge >= 0.3 is 0 Å². The summed E-state index contributed by atoms with van der Waals surface area (Å²) in [5, 5.41) is 0. The average Bonchev–Trinajstić information content (AvgIpc) is 2.74. The number of amides is 1. The quantitative estimate of drug-likeness (QED) is 0.518. The minimum absolute atomic E-state index is 0.0331. The summed E-state index contributed by atoms with van der Waals surface area (Å²) < 4.78 is 26.9. The molecule has 1 aromatic heterocycles. The third-order valence-corrected chi connectivity index (χ3v) is 4.80. The molecule has 3 aromatic rings. The monoisotopic (exact) mass is 394 g/mol. The third kappa shape index (κ3) is 5.47. The van der Waals surface area contributed by atoms with E-state index in [1.54, 1.807) is 30.6 Å². The Kier molecular flexibility index (Phi) is 7.06. The van der Waals surface area contributed by atoms with Gasteiger partial charge in [0.1, 0.15) is 11.6 Å². The maximum absolute atomic E-state index is 13.5. The van der Waals surface area contributed by atoms with E-state index in [9.17, 15) is 13.6 Å². The molecule has 0 radical (unpaired) electrons. The van der Waals surface area contributed by atoms with E-state index in [-0.39, 0.29) is 30.0 Å². The Bertz CT molecular complexity index is 929. The van der Waals surface area contributed by atoms with E-state index in [0.717, 1.165) is 23.1 Å². The second-order valence-corrected chi connectivity index (χ2v) is 6.96. The first-order chi connectivity index (χ1) is 14.1. The zero-order valence-electron chi connectivity index (χ0n) is 16.4. The van der Waals surface area contributed by atoms with Gasteiger partial charge in [0.25, 0.3) is 0 Å². The summed E-state index contributed by atoms with van der Waals surface area (Å²) in [6.45, 7) is 2.57. The normalized spacial score (nSPS) is 11.8. The van der Waals surface area contributed by atoms with Gasteiger partial charge in [-0.05, 0) is 59.9 Å².